The molecule has 0 spiro atoms. The summed E-state index contributed by atoms with van der Waals surface area (Å²) < 4.78 is 11.6. The summed E-state index contributed by atoms with van der Waals surface area (Å²) in [6, 6.07) is 9.39. The smallest absolute Gasteiger partial charge is 0.336 e. The highest BCUT2D eigenvalue weighted by molar-refractivity contribution is 6.31. The number of rotatable bonds is 4. The Morgan fingerprint density at radius 1 is 1.00 bits per heavy atom. The van der Waals surface area contributed by atoms with Crippen LogP contribution in [0, 0.1) is 6.92 Å². The van der Waals surface area contributed by atoms with Crippen molar-refractivity contribution in [2.45, 2.75) is 26.7 Å². The van der Waals surface area contributed by atoms with Crippen LogP contribution in [-0.2, 0) is 19.1 Å². The summed E-state index contributed by atoms with van der Waals surface area (Å²) in [6.07, 6.45) is 0. The van der Waals surface area contributed by atoms with Crippen molar-refractivity contribution in [1.82, 2.24) is 15.1 Å². The second kappa shape index (κ2) is 8.13. The number of benzene rings is 1. The van der Waals surface area contributed by atoms with Gasteiger partial charge in [0.2, 0.25) is 0 Å². The molecule has 0 bridgehead atoms. The fraction of sp³-hybridized carbons (Fsp3) is 0.286. The number of nitrogens with one attached hydrogen (secondary N) is 1. The molecule has 0 unspecified atom stereocenters. The van der Waals surface area contributed by atoms with E-state index in [1.807, 2.05) is 30.3 Å². The molecule has 1 N–H and O–H groups in total. The van der Waals surface area contributed by atoms with Gasteiger partial charge in [0.05, 0.1) is 42.7 Å². The lowest BCUT2D eigenvalue weighted by Crippen LogP contribution is -2.32. The molecular formula is C21H22ClN3O4. The van der Waals surface area contributed by atoms with Gasteiger partial charge in [-0.15, -0.1) is 0 Å². The fourth-order valence-corrected chi connectivity index (χ4v) is 4.00. The number of hydrogen-bond acceptors (Lipinski definition) is 6. The fourth-order valence-electron chi connectivity index (χ4n) is 3.62. The van der Waals surface area contributed by atoms with Crippen molar-refractivity contribution in [2.75, 3.05) is 14.2 Å². The largest absolute Gasteiger partial charge is 0.466 e. The Bertz CT molecular complexity index is 1000. The Hall–Kier alpha value is -3.06. The van der Waals surface area contributed by atoms with E-state index in [0.29, 0.717) is 27.8 Å². The molecule has 1 aliphatic heterocycles. The zero-order chi connectivity index (χ0) is 21.3. The topological polar surface area (TPSA) is 82.4 Å². The molecule has 1 aromatic carbocycles. The molecule has 1 aliphatic rings. The predicted molar refractivity (Wildman–Crippen MR) is 109 cm³/mol. The van der Waals surface area contributed by atoms with Gasteiger partial charge in [-0.2, -0.15) is 5.10 Å². The van der Waals surface area contributed by atoms with Gasteiger partial charge < -0.3 is 14.8 Å². The molecule has 0 saturated carbocycles. The summed E-state index contributed by atoms with van der Waals surface area (Å²) >= 11 is 6.75. The molecule has 0 aliphatic carbocycles. The van der Waals surface area contributed by atoms with Crippen molar-refractivity contribution >= 4 is 23.5 Å². The maximum Gasteiger partial charge on any atom is 0.336 e. The number of nitrogens with zero attached hydrogens (tertiary/aromatic N) is 2. The maximum atomic E-state index is 12.7. The molecule has 29 heavy (non-hydrogen) atoms. The summed E-state index contributed by atoms with van der Waals surface area (Å²) in [5.74, 6) is -1.89. The highest BCUT2D eigenvalue weighted by Crippen LogP contribution is 2.43. The lowest BCUT2D eigenvalue weighted by Gasteiger charge is -2.29. The van der Waals surface area contributed by atoms with Crippen molar-refractivity contribution in [1.29, 1.82) is 0 Å². The summed E-state index contributed by atoms with van der Waals surface area (Å²) in [5.41, 5.74) is 3.64. The number of dihydropyridines is 1. The van der Waals surface area contributed by atoms with E-state index in [4.69, 9.17) is 21.1 Å². The average molecular weight is 416 g/mol. The van der Waals surface area contributed by atoms with Crippen LogP contribution >= 0.6 is 11.6 Å². The van der Waals surface area contributed by atoms with Gasteiger partial charge in [-0.3, -0.25) is 0 Å². The summed E-state index contributed by atoms with van der Waals surface area (Å²) in [5, 5.41) is 7.94. The van der Waals surface area contributed by atoms with E-state index in [2.05, 4.69) is 10.4 Å². The van der Waals surface area contributed by atoms with Crippen LogP contribution in [-0.4, -0.2) is 35.9 Å². The van der Waals surface area contributed by atoms with Crippen LogP contribution in [0.3, 0.4) is 0 Å². The summed E-state index contributed by atoms with van der Waals surface area (Å²) in [6.45, 7) is 5.29. The van der Waals surface area contributed by atoms with Crippen LogP contribution in [0.5, 0.6) is 0 Å². The molecule has 0 saturated heterocycles. The van der Waals surface area contributed by atoms with Gasteiger partial charge in [-0.25, -0.2) is 14.3 Å². The first-order valence-electron chi connectivity index (χ1n) is 8.97. The molecule has 0 radical (unpaired) electrons. The molecule has 0 amide bonds. The number of aromatic nitrogens is 2. The highest BCUT2D eigenvalue weighted by atomic mass is 35.5. The van der Waals surface area contributed by atoms with Gasteiger partial charge in [0.25, 0.3) is 0 Å². The second-order valence-corrected chi connectivity index (χ2v) is 7.01. The first-order chi connectivity index (χ1) is 13.8. The maximum absolute atomic E-state index is 12.7. The van der Waals surface area contributed by atoms with Gasteiger partial charge >= 0.3 is 11.9 Å². The number of para-hydroxylation sites is 1. The standard InChI is InChI=1S/C21H22ClN3O4/c1-11-16(20(26)28-4)18(17(12(2)23-11)21(27)29-5)15-13(3)24-25(19(15)22)14-9-7-6-8-10-14/h6-10,18,23H,1-5H3. The minimum absolute atomic E-state index is 0.288. The van der Waals surface area contributed by atoms with Gasteiger partial charge in [-0.1, -0.05) is 29.8 Å². The Morgan fingerprint density at radius 2 is 1.52 bits per heavy atom. The number of ether oxygens (including phenoxy) is 2. The van der Waals surface area contributed by atoms with E-state index < -0.39 is 17.9 Å². The van der Waals surface area contributed by atoms with Crippen LogP contribution in [0.1, 0.15) is 31.0 Å². The van der Waals surface area contributed by atoms with Gasteiger partial charge in [0.15, 0.2) is 0 Å². The molecule has 8 heteroatoms. The molecule has 3 rings (SSSR count). The quantitative estimate of drug-likeness (QED) is 0.770. The Balaban J connectivity index is 2.29. The average Bonchev–Trinajstić information content (AvgIpc) is 3.01. The Kier molecular flexibility index (Phi) is 5.79. The molecule has 7 nitrogen and oxygen atoms in total. The third-order valence-electron chi connectivity index (χ3n) is 4.91. The monoisotopic (exact) mass is 415 g/mol. The number of allylic oxidation sites excluding steroid dienone is 2. The van der Waals surface area contributed by atoms with Crippen molar-refractivity contribution in [3.05, 3.63) is 69.3 Å². The van der Waals surface area contributed by atoms with Gasteiger partial charge in [-0.05, 0) is 32.9 Å². The summed E-state index contributed by atoms with van der Waals surface area (Å²) in [7, 11) is 2.59. The number of halogens is 1. The first-order valence-corrected chi connectivity index (χ1v) is 9.35. The molecule has 1 aromatic heterocycles. The molecule has 152 valence electrons. The number of aryl methyl sites for hydroxylation is 1. The molecule has 0 atom stereocenters. The van der Waals surface area contributed by atoms with E-state index in [-0.39, 0.29) is 11.1 Å². The normalized spacial score (nSPS) is 14.7. The van der Waals surface area contributed by atoms with E-state index >= 15 is 0 Å². The Labute approximate surface area is 173 Å². The molecule has 2 heterocycles. The van der Waals surface area contributed by atoms with E-state index in [9.17, 15) is 9.59 Å². The number of methoxy groups -OCH3 is 2. The van der Waals surface area contributed by atoms with E-state index in [1.165, 1.54) is 14.2 Å². The number of esters is 2. The minimum Gasteiger partial charge on any atom is -0.466 e. The third-order valence-corrected chi connectivity index (χ3v) is 5.27. The summed E-state index contributed by atoms with van der Waals surface area (Å²) in [4.78, 5) is 25.3. The zero-order valence-electron chi connectivity index (χ0n) is 16.9. The van der Waals surface area contributed by atoms with Crippen molar-refractivity contribution in [3.63, 3.8) is 0 Å². The zero-order valence-corrected chi connectivity index (χ0v) is 17.6. The third kappa shape index (κ3) is 3.53. The SMILES string of the molecule is COC(=O)C1=C(C)NC(C)=C(C(=O)OC)C1c1c(C)nn(-c2ccccc2)c1Cl. The molecular weight excluding hydrogens is 394 g/mol. The van der Waals surface area contributed by atoms with Gasteiger partial charge in [0.1, 0.15) is 5.15 Å². The van der Waals surface area contributed by atoms with Crippen molar-refractivity contribution in [2.24, 2.45) is 0 Å². The second-order valence-electron chi connectivity index (χ2n) is 6.66. The molecule has 2 aromatic rings. The number of carbonyl (C=O) groups is 2. The van der Waals surface area contributed by atoms with E-state index in [1.54, 1.807) is 25.5 Å². The van der Waals surface area contributed by atoms with E-state index in [0.717, 1.165) is 5.69 Å². The van der Waals surface area contributed by atoms with Crippen LogP contribution < -0.4 is 5.32 Å². The number of hydrogen-bond donors (Lipinski definition) is 1. The van der Waals surface area contributed by atoms with Crippen LogP contribution in [0.4, 0.5) is 0 Å². The highest BCUT2D eigenvalue weighted by Gasteiger charge is 2.40. The minimum atomic E-state index is -0.777. The van der Waals surface area contributed by atoms with Crippen molar-refractivity contribution in [3.8, 4) is 5.69 Å². The van der Waals surface area contributed by atoms with Gasteiger partial charge in [0, 0.05) is 17.0 Å². The lowest BCUT2D eigenvalue weighted by atomic mass is 9.80. The Morgan fingerprint density at radius 3 is 2.00 bits per heavy atom. The lowest BCUT2D eigenvalue weighted by molar-refractivity contribution is -0.137. The predicted octanol–water partition coefficient (Wildman–Crippen LogP) is 3.41. The van der Waals surface area contributed by atoms with Crippen molar-refractivity contribution < 1.29 is 19.1 Å². The van der Waals surface area contributed by atoms with Crippen LogP contribution in [0.15, 0.2) is 52.9 Å². The van der Waals surface area contributed by atoms with Crippen LogP contribution in [0.2, 0.25) is 5.15 Å². The van der Waals surface area contributed by atoms with Crippen LogP contribution in [0.25, 0.3) is 5.69 Å². The first kappa shape index (κ1) is 20.7. The molecule has 0 fully saturated rings. The number of carbonyl (C=O) groups excluding carboxylic acids is 2.